The highest BCUT2D eigenvalue weighted by atomic mass is 16.7. The van der Waals surface area contributed by atoms with Crippen molar-refractivity contribution in [3.8, 4) is 29.3 Å². The van der Waals surface area contributed by atoms with Crippen molar-refractivity contribution in [3.05, 3.63) is 30.8 Å². The summed E-state index contributed by atoms with van der Waals surface area (Å²) in [5, 5.41) is 9.14. The van der Waals surface area contributed by atoms with Gasteiger partial charge in [0.15, 0.2) is 24.4 Å². The summed E-state index contributed by atoms with van der Waals surface area (Å²) >= 11 is 0. The third-order valence-corrected chi connectivity index (χ3v) is 3.50. The number of rotatable bonds is 7. The fourth-order valence-electron chi connectivity index (χ4n) is 2.12. The number of carbonyl (C=O) groups is 1. The molecule has 27 heavy (non-hydrogen) atoms. The van der Waals surface area contributed by atoms with Gasteiger partial charge in [0, 0.05) is 6.07 Å². The van der Waals surface area contributed by atoms with E-state index in [2.05, 4.69) is 28.2 Å². The molecule has 1 heterocycles. The Labute approximate surface area is 156 Å². The van der Waals surface area contributed by atoms with E-state index in [1.807, 2.05) is 0 Å². The third kappa shape index (κ3) is 5.55. The number of methoxy groups -OCH3 is 1. The SMILES string of the molecule is COc1cc(NOC#CON[C@H](C(=O)O)C(C)(C)C)ccc1-c1cnco1. The number of carboxylic acids is 1. The largest absolute Gasteiger partial charge is 0.496 e. The number of hydrogen-bond donors (Lipinski definition) is 3. The highest BCUT2D eigenvalue weighted by molar-refractivity contribution is 5.74. The Morgan fingerprint density at radius 1 is 1.30 bits per heavy atom. The molecule has 1 atom stereocenters. The van der Waals surface area contributed by atoms with Gasteiger partial charge in [0.25, 0.3) is 0 Å². The standard InChI is InChI=1S/C18H21N3O6/c1-18(2,3)16(17(22)23)21-27-8-7-26-20-12-5-6-13(14(9-12)24-4)15-10-19-11-25-15/h5-6,9-11,16,20-21H,1-4H3,(H,22,23)/t16-/m1/s1. The molecule has 0 saturated heterocycles. The van der Waals surface area contributed by atoms with E-state index >= 15 is 0 Å². The predicted octanol–water partition coefficient (Wildman–Crippen LogP) is 2.63. The van der Waals surface area contributed by atoms with Gasteiger partial charge in [-0.1, -0.05) is 20.8 Å². The molecule has 0 aliphatic rings. The second-order valence-electron chi connectivity index (χ2n) is 6.55. The van der Waals surface area contributed by atoms with E-state index in [1.54, 1.807) is 45.2 Å². The number of ether oxygens (including phenoxy) is 1. The number of hydroxylamine groups is 1. The van der Waals surface area contributed by atoms with Crippen LogP contribution in [0.3, 0.4) is 0 Å². The first kappa shape index (κ1) is 19.9. The molecular formula is C18H21N3O6. The van der Waals surface area contributed by atoms with Crippen molar-refractivity contribution in [3.63, 3.8) is 0 Å². The Bertz CT molecular complexity index is 818. The fourth-order valence-corrected chi connectivity index (χ4v) is 2.12. The van der Waals surface area contributed by atoms with Crippen LogP contribution >= 0.6 is 0 Å². The quantitative estimate of drug-likeness (QED) is 0.496. The summed E-state index contributed by atoms with van der Waals surface area (Å²) in [4.78, 5) is 24.8. The van der Waals surface area contributed by atoms with Gasteiger partial charge >= 0.3 is 5.97 Å². The molecule has 2 rings (SSSR count). The number of carboxylic acid groups (broad SMARTS) is 1. The van der Waals surface area contributed by atoms with Crippen LogP contribution in [0.5, 0.6) is 5.75 Å². The molecule has 9 heteroatoms. The van der Waals surface area contributed by atoms with Crippen molar-refractivity contribution in [2.45, 2.75) is 26.8 Å². The van der Waals surface area contributed by atoms with Gasteiger partial charge in [-0.05, 0) is 17.5 Å². The number of aliphatic carboxylic acids is 1. The van der Waals surface area contributed by atoms with E-state index in [9.17, 15) is 4.79 Å². The lowest BCUT2D eigenvalue weighted by atomic mass is 9.87. The van der Waals surface area contributed by atoms with Crippen LogP contribution in [0.4, 0.5) is 5.69 Å². The van der Waals surface area contributed by atoms with E-state index in [4.69, 9.17) is 23.9 Å². The first-order chi connectivity index (χ1) is 12.8. The van der Waals surface area contributed by atoms with Crippen LogP contribution in [0.15, 0.2) is 35.2 Å². The Hall–Kier alpha value is -3.38. The van der Waals surface area contributed by atoms with Gasteiger partial charge in [-0.3, -0.25) is 4.79 Å². The lowest BCUT2D eigenvalue weighted by Gasteiger charge is -2.25. The Kier molecular flexibility index (Phi) is 6.51. The van der Waals surface area contributed by atoms with E-state index in [-0.39, 0.29) is 0 Å². The maximum absolute atomic E-state index is 11.2. The van der Waals surface area contributed by atoms with Crippen molar-refractivity contribution >= 4 is 11.7 Å². The minimum atomic E-state index is -1.04. The zero-order chi connectivity index (χ0) is 19.9. The molecule has 0 aliphatic carbocycles. The molecule has 0 fully saturated rings. The Morgan fingerprint density at radius 2 is 2.04 bits per heavy atom. The number of oxazole rings is 1. The molecule has 0 aliphatic heterocycles. The smallest absolute Gasteiger partial charge is 0.324 e. The zero-order valence-corrected chi connectivity index (χ0v) is 15.4. The topological polar surface area (TPSA) is 115 Å². The molecule has 1 aromatic carbocycles. The van der Waals surface area contributed by atoms with Crippen molar-refractivity contribution in [2.24, 2.45) is 5.41 Å². The number of nitrogens with zero attached hydrogens (tertiary/aromatic N) is 1. The molecule has 1 aromatic heterocycles. The van der Waals surface area contributed by atoms with Crippen LogP contribution in [-0.4, -0.2) is 29.2 Å². The van der Waals surface area contributed by atoms with Crippen molar-refractivity contribution in [1.82, 2.24) is 10.5 Å². The van der Waals surface area contributed by atoms with Gasteiger partial charge < -0.3 is 23.9 Å². The van der Waals surface area contributed by atoms with E-state index in [0.717, 1.165) is 5.56 Å². The van der Waals surface area contributed by atoms with Crippen LogP contribution in [-0.2, 0) is 14.5 Å². The molecule has 9 nitrogen and oxygen atoms in total. The molecular weight excluding hydrogens is 354 g/mol. The maximum Gasteiger partial charge on any atom is 0.324 e. The Morgan fingerprint density at radius 3 is 2.63 bits per heavy atom. The van der Waals surface area contributed by atoms with Crippen LogP contribution in [0.1, 0.15) is 20.8 Å². The number of anilines is 1. The molecule has 0 spiro atoms. The summed E-state index contributed by atoms with van der Waals surface area (Å²) < 4.78 is 10.6. The zero-order valence-electron chi connectivity index (χ0n) is 15.4. The van der Waals surface area contributed by atoms with Crippen LogP contribution < -0.4 is 15.7 Å². The molecule has 2 aromatic rings. The van der Waals surface area contributed by atoms with Gasteiger partial charge in [0.1, 0.15) is 11.8 Å². The lowest BCUT2D eigenvalue weighted by molar-refractivity contribution is -0.146. The normalized spacial score (nSPS) is 11.7. The second kappa shape index (κ2) is 8.82. The number of benzene rings is 1. The van der Waals surface area contributed by atoms with E-state index < -0.39 is 17.4 Å². The first-order valence-corrected chi connectivity index (χ1v) is 7.96. The van der Waals surface area contributed by atoms with Crippen molar-refractivity contribution in [1.29, 1.82) is 0 Å². The summed E-state index contributed by atoms with van der Waals surface area (Å²) in [5.41, 5.74) is 5.76. The second-order valence-corrected chi connectivity index (χ2v) is 6.55. The molecule has 0 unspecified atom stereocenters. The van der Waals surface area contributed by atoms with Gasteiger partial charge in [-0.25, -0.2) is 10.5 Å². The van der Waals surface area contributed by atoms with Crippen LogP contribution in [0, 0.1) is 17.6 Å². The van der Waals surface area contributed by atoms with Crippen LogP contribution in [0.25, 0.3) is 11.3 Å². The molecule has 0 amide bonds. The maximum atomic E-state index is 11.2. The summed E-state index contributed by atoms with van der Waals surface area (Å²) in [6.45, 7) is 5.30. The minimum absolute atomic E-state index is 0.547. The highest BCUT2D eigenvalue weighted by Gasteiger charge is 2.31. The number of nitrogens with one attached hydrogen (secondary N) is 2. The minimum Gasteiger partial charge on any atom is -0.496 e. The van der Waals surface area contributed by atoms with Gasteiger partial charge in [-0.15, -0.1) is 5.48 Å². The molecule has 3 N–H and O–H groups in total. The summed E-state index contributed by atoms with van der Waals surface area (Å²) in [6, 6.07) is 4.28. The van der Waals surface area contributed by atoms with E-state index in [0.29, 0.717) is 17.2 Å². The third-order valence-electron chi connectivity index (χ3n) is 3.50. The number of hydrogen-bond acceptors (Lipinski definition) is 8. The van der Waals surface area contributed by atoms with Gasteiger partial charge in [0.05, 0.1) is 24.6 Å². The molecule has 0 bridgehead atoms. The number of aromatic nitrogens is 1. The molecule has 0 saturated carbocycles. The summed E-state index contributed by atoms with van der Waals surface area (Å²) in [5.74, 6) is 0.0911. The summed E-state index contributed by atoms with van der Waals surface area (Å²) in [6.07, 6.45) is 7.38. The molecule has 0 radical (unpaired) electrons. The lowest BCUT2D eigenvalue weighted by Crippen LogP contribution is -2.45. The van der Waals surface area contributed by atoms with Crippen LogP contribution in [0.2, 0.25) is 0 Å². The van der Waals surface area contributed by atoms with Gasteiger partial charge in [-0.2, -0.15) is 0 Å². The van der Waals surface area contributed by atoms with E-state index in [1.165, 1.54) is 13.5 Å². The van der Waals surface area contributed by atoms with Crippen molar-refractivity contribution in [2.75, 3.05) is 12.6 Å². The fraction of sp³-hybridized carbons (Fsp3) is 0.333. The molecule has 144 valence electrons. The highest BCUT2D eigenvalue weighted by Crippen LogP contribution is 2.32. The monoisotopic (exact) mass is 375 g/mol. The van der Waals surface area contributed by atoms with Gasteiger partial charge in [0.2, 0.25) is 0 Å². The van der Waals surface area contributed by atoms with Crippen molar-refractivity contribution < 1.29 is 28.7 Å². The Balaban J connectivity index is 1.89. The average Bonchev–Trinajstić information content (AvgIpc) is 3.13. The predicted molar refractivity (Wildman–Crippen MR) is 96.1 cm³/mol. The summed E-state index contributed by atoms with van der Waals surface area (Å²) in [7, 11) is 1.53. The first-order valence-electron chi connectivity index (χ1n) is 7.96. The average molecular weight is 375 g/mol.